The Balaban J connectivity index is 1.71. The summed E-state index contributed by atoms with van der Waals surface area (Å²) in [6.45, 7) is 2.02. The molecule has 0 saturated carbocycles. The first-order valence-corrected chi connectivity index (χ1v) is 8.28. The predicted molar refractivity (Wildman–Crippen MR) is 99.9 cm³/mol. The molecule has 0 aliphatic heterocycles. The third-order valence-corrected chi connectivity index (χ3v) is 4.18. The van der Waals surface area contributed by atoms with E-state index in [0.29, 0.717) is 10.7 Å². The molecule has 0 bridgehead atoms. The molecule has 0 unspecified atom stereocenters. The van der Waals surface area contributed by atoms with E-state index >= 15 is 0 Å². The van der Waals surface area contributed by atoms with Crippen LogP contribution in [-0.4, -0.2) is 5.91 Å². The van der Waals surface area contributed by atoms with Gasteiger partial charge in [0.25, 0.3) is 5.91 Å². The molecule has 0 saturated heterocycles. The number of anilines is 1. The Labute approximate surface area is 155 Å². The van der Waals surface area contributed by atoms with Gasteiger partial charge < -0.3 is 14.5 Å². The maximum absolute atomic E-state index is 12.3. The van der Waals surface area contributed by atoms with E-state index in [1.54, 1.807) is 25.1 Å². The van der Waals surface area contributed by atoms with Gasteiger partial charge in [0.15, 0.2) is 5.76 Å². The zero-order valence-corrected chi connectivity index (χ0v) is 14.7. The highest BCUT2D eigenvalue weighted by atomic mass is 35.5. The van der Waals surface area contributed by atoms with E-state index in [-0.39, 0.29) is 18.1 Å². The van der Waals surface area contributed by atoms with E-state index in [4.69, 9.17) is 20.8 Å². The van der Waals surface area contributed by atoms with Gasteiger partial charge in [-0.15, -0.1) is 0 Å². The molecule has 0 aliphatic rings. The summed E-state index contributed by atoms with van der Waals surface area (Å²) in [6, 6.07) is 15.7. The predicted octanol–water partition coefficient (Wildman–Crippen LogP) is 4.43. The number of nitrogens with one attached hydrogen (secondary N) is 1. The van der Waals surface area contributed by atoms with E-state index < -0.39 is 11.3 Å². The minimum Gasteiger partial charge on any atom is -0.482 e. The third-order valence-electron chi connectivity index (χ3n) is 3.77. The van der Waals surface area contributed by atoms with E-state index in [9.17, 15) is 9.59 Å². The molecule has 5 nitrogen and oxygen atoms in total. The second-order valence-electron chi connectivity index (χ2n) is 5.61. The first kappa shape index (κ1) is 17.8. The molecule has 0 fully saturated rings. The van der Waals surface area contributed by atoms with Gasteiger partial charge in [0, 0.05) is 16.8 Å². The van der Waals surface area contributed by atoms with Crippen LogP contribution in [0.4, 0.5) is 5.69 Å². The largest absolute Gasteiger partial charge is 0.482 e. The van der Waals surface area contributed by atoms with E-state index in [0.717, 1.165) is 23.5 Å². The quantitative estimate of drug-likeness (QED) is 0.722. The number of halogens is 1. The number of benzene rings is 2. The lowest BCUT2D eigenvalue weighted by atomic mass is 10.2. The van der Waals surface area contributed by atoms with Gasteiger partial charge in [0.05, 0.1) is 0 Å². The van der Waals surface area contributed by atoms with Crippen molar-refractivity contribution in [2.24, 2.45) is 0 Å². The molecule has 3 aromatic rings. The lowest BCUT2D eigenvalue weighted by molar-refractivity contribution is 0.0993. The van der Waals surface area contributed by atoms with Crippen LogP contribution in [0.15, 0.2) is 70.1 Å². The fourth-order valence-electron chi connectivity index (χ4n) is 2.29. The van der Waals surface area contributed by atoms with E-state index in [1.807, 2.05) is 30.3 Å². The minimum absolute atomic E-state index is 0.0457. The number of ether oxygens (including phenoxy) is 1. The highest BCUT2D eigenvalue weighted by Gasteiger charge is 2.14. The molecule has 0 spiro atoms. The SMILES string of the molecule is Cc1c(Cl)cccc1NC(=O)c1cc(=O)c(OCc2ccccc2)co1. The summed E-state index contributed by atoms with van der Waals surface area (Å²) in [6.07, 6.45) is 1.14. The summed E-state index contributed by atoms with van der Waals surface area (Å²) >= 11 is 6.03. The van der Waals surface area contributed by atoms with Gasteiger partial charge in [0.2, 0.25) is 11.2 Å². The number of amides is 1. The molecule has 1 N–H and O–H groups in total. The molecule has 132 valence electrons. The van der Waals surface area contributed by atoms with Crippen LogP contribution < -0.4 is 15.5 Å². The maximum Gasteiger partial charge on any atom is 0.291 e. The number of hydrogen-bond acceptors (Lipinski definition) is 4. The standard InChI is InChI=1S/C20H16ClNO4/c1-13-15(21)8-5-9-16(13)22-20(24)18-10-17(23)19(12-26-18)25-11-14-6-3-2-4-7-14/h2-10,12H,11H2,1H3,(H,22,24). The average Bonchev–Trinajstić information content (AvgIpc) is 2.65. The van der Waals surface area contributed by atoms with Gasteiger partial charge in [0.1, 0.15) is 12.9 Å². The Morgan fingerprint density at radius 2 is 1.92 bits per heavy atom. The first-order chi connectivity index (χ1) is 12.5. The summed E-state index contributed by atoms with van der Waals surface area (Å²) in [7, 11) is 0. The van der Waals surface area contributed by atoms with Gasteiger partial charge in [-0.2, -0.15) is 0 Å². The topological polar surface area (TPSA) is 68.5 Å². The number of hydrogen-bond donors (Lipinski definition) is 1. The average molecular weight is 370 g/mol. The van der Waals surface area contributed by atoms with Crippen LogP contribution in [0.25, 0.3) is 0 Å². The fraction of sp³-hybridized carbons (Fsp3) is 0.100. The van der Waals surface area contributed by atoms with Crippen LogP contribution in [0.2, 0.25) is 5.02 Å². The van der Waals surface area contributed by atoms with Gasteiger partial charge in [-0.1, -0.05) is 48.0 Å². The molecule has 1 amide bonds. The Morgan fingerprint density at radius 3 is 2.65 bits per heavy atom. The van der Waals surface area contributed by atoms with Crippen molar-refractivity contribution in [1.82, 2.24) is 0 Å². The Kier molecular flexibility index (Phi) is 5.39. The summed E-state index contributed by atoms with van der Waals surface area (Å²) in [5.74, 6) is -0.604. The molecule has 2 aromatic carbocycles. The molecule has 1 aromatic heterocycles. The second kappa shape index (κ2) is 7.89. The third kappa shape index (κ3) is 4.13. The molecule has 1 heterocycles. The Morgan fingerprint density at radius 1 is 1.15 bits per heavy atom. The summed E-state index contributed by atoms with van der Waals surface area (Å²) in [5.41, 5.74) is 1.77. The van der Waals surface area contributed by atoms with Crippen LogP contribution in [0.5, 0.6) is 5.75 Å². The van der Waals surface area contributed by atoms with Gasteiger partial charge in [-0.25, -0.2) is 0 Å². The van der Waals surface area contributed by atoms with Crippen LogP contribution in [0.1, 0.15) is 21.7 Å². The summed E-state index contributed by atoms with van der Waals surface area (Å²) in [4.78, 5) is 24.4. The molecular weight excluding hydrogens is 354 g/mol. The lowest BCUT2D eigenvalue weighted by Crippen LogP contribution is -2.16. The molecule has 0 aliphatic carbocycles. The zero-order chi connectivity index (χ0) is 18.5. The molecule has 0 atom stereocenters. The van der Waals surface area contributed by atoms with Crippen molar-refractivity contribution in [3.05, 3.63) is 93.0 Å². The van der Waals surface area contributed by atoms with Crippen LogP contribution in [0, 0.1) is 6.92 Å². The van der Waals surface area contributed by atoms with Crippen molar-refractivity contribution in [2.75, 3.05) is 5.32 Å². The maximum atomic E-state index is 12.3. The molecular formula is C20H16ClNO4. The van der Waals surface area contributed by atoms with Gasteiger partial charge >= 0.3 is 0 Å². The number of carbonyl (C=O) groups excluding carboxylic acids is 1. The fourth-order valence-corrected chi connectivity index (χ4v) is 2.46. The second-order valence-corrected chi connectivity index (χ2v) is 6.02. The van der Waals surface area contributed by atoms with Gasteiger partial charge in [-0.3, -0.25) is 9.59 Å². The van der Waals surface area contributed by atoms with Crippen molar-refractivity contribution in [1.29, 1.82) is 0 Å². The molecule has 26 heavy (non-hydrogen) atoms. The summed E-state index contributed by atoms with van der Waals surface area (Å²) < 4.78 is 10.7. The summed E-state index contributed by atoms with van der Waals surface area (Å²) in [5, 5.41) is 3.21. The highest BCUT2D eigenvalue weighted by Crippen LogP contribution is 2.23. The van der Waals surface area contributed by atoms with Crippen molar-refractivity contribution in [3.63, 3.8) is 0 Å². The molecule has 6 heteroatoms. The first-order valence-electron chi connectivity index (χ1n) is 7.90. The Bertz CT molecular complexity index is 983. The van der Waals surface area contributed by atoms with Crippen LogP contribution >= 0.6 is 11.6 Å². The molecule has 0 radical (unpaired) electrons. The Hall–Kier alpha value is -3.05. The van der Waals surface area contributed by atoms with E-state index in [2.05, 4.69) is 5.32 Å². The van der Waals surface area contributed by atoms with Crippen LogP contribution in [-0.2, 0) is 6.61 Å². The highest BCUT2D eigenvalue weighted by molar-refractivity contribution is 6.31. The molecule has 3 rings (SSSR count). The smallest absolute Gasteiger partial charge is 0.291 e. The van der Waals surface area contributed by atoms with Gasteiger partial charge in [-0.05, 0) is 30.2 Å². The van der Waals surface area contributed by atoms with Crippen LogP contribution in [0.3, 0.4) is 0 Å². The van der Waals surface area contributed by atoms with Crippen molar-refractivity contribution in [2.45, 2.75) is 13.5 Å². The lowest BCUT2D eigenvalue weighted by Gasteiger charge is -2.09. The number of carbonyl (C=O) groups is 1. The monoisotopic (exact) mass is 369 g/mol. The van der Waals surface area contributed by atoms with Crippen molar-refractivity contribution >= 4 is 23.2 Å². The number of rotatable bonds is 5. The zero-order valence-electron chi connectivity index (χ0n) is 14.0. The van der Waals surface area contributed by atoms with Crippen molar-refractivity contribution < 1.29 is 13.9 Å². The van der Waals surface area contributed by atoms with Crippen molar-refractivity contribution in [3.8, 4) is 5.75 Å². The minimum atomic E-state index is -0.540. The van der Waals surface area contributed by atoms with E-state index in [1.165, 1.54) is 0 Å². The normalized spacial score (nSPS) is 10.4.